The summed E-state index contributed by atoms with van der Waals surface area (Å²) >= 11 is 0. The van der Waals surface area contributed by atoms with Crippen LogP contribution >= 0.6 is 0 Å². The van der Waals surface area contributed by atoms with Crippen LogP contribution in [0.3, 0.4) is 0 Å². The highest BCUT2D eigenvalue weighted by Crippen LogP contribution is 2.44. The number of carbonyl (C=O) groups is 3. The molecule has 0 bridgehead atoms. The van der Waals surface area contributed by atoms with Gasteiger partial charge >= 0.3 is 12.1 Å². The molecule has 0 fully saturated rings. The van der Waals surface area contributed by atoms with E-state index in [1.54, 1.807) is 6.92 Å². The molecule has 0 saturated heterocycles. The Morgan fingerprint density at radius 2 is 1.46 bits per heavy atom. The van der Waals surface area contributed by atoms with Crippen LogP contribution in [0.4, 0.5) is 4.79 Å². The van der Waals surface area contributed by atoms with Crippen LogP contribution in [0.25, 0.3) is 11.1 Å². The van der Waals surface area contributed by atoms with E-state index < -0.39 is 35.7 Å². The van der Waals surface area contributed by atoms with Gasteiger partial charge in [0.1, 0.15) is 12.6 Å². The highest BCUT2D eigenvalue weighted by Gasteiger charge is 2.37. The molecule has 4 rings (SSSR count). The number of aliphatic carboxylic acids is 1. The molecule has 41 heavy (non-hydrogen) atoms. The van der Waals surface area contributed by atoms with E-state index in [-0.39, 0.29) is 32.1 Å². The van der Waals surface area contributed by atoms with E-state index in [1.807, 2.05) is 87.5 Å². The first kappa shape index (κ1) is 29.8. The number of carboxylic acid groups (broad SMARTS) is 1. The molecule has 0 spiro atoms. The maximum Gasteiger partial charge on any atom is 0.407 e. The molecule has 3 aromatic rings. The van der Waals surface area contributed by atoms with Gasteiger partial charge in [0.2, 0.25) is 5.91 Å². The highest BCUT2D eigenvalue weighted by atomic mass is 16.5. The fourth-order valence-electron chi connectivity index (χ4n) is 5.20. The highest BCUT2D eigenvalue weighted by molar-refractivity contribution is 5.87. The van der Waals surface area contributed by atoms with Crippen molar-refractivity contribution in [3.8, 4) is 11.1 Å². The van der Waals surface area contributed by atoms with E-state index in [4.69, 9.17) is 9.47 Å². The average Bonchev–Trinajstić information content (AvgIpc) is 3.26. The summed E-state index contributed by atoms with van der Waals surface area (Å²) in [6.07, 6.45) is -1.69. The van der Waals surface area contributed by atoms with Crippen LogP contribution < -0.4 is 5.32 Å². The third-order valence-electron chi connectivity index (χ3n) is 7.33. The van der Waals surface area contributed by atoms with Crippen LogP contribution in [0, 0.1) is 0 Å². The van der Waals surface area contributed by atoms with Gasteiger partial charge in [-0.3, -0.25) is 9.59 Å². The van der Waals surface area contributed by atoms with Crippen LogP contribution in [0.5, 0.6) is 0 Å². The van der Waals surface area contributed by atoms with Crippen molar-refractivity contribution in [1.29, 1.82) is 0 Å². The summed E-state index contributed by atoms with van der Waals surface area (Å²) in [5.74, 6) is -1.58. The third-order valence-corrected chi connectivity index (χ3v) is 7.33. The fourth-order valence-corrected chi connectivity index (χ4v) is 5.20. The Kier molecular flexibility index (Phi) is 9.45. The molecule has 0 aromatic heterocycles. The largest absolute Gasteiger partial charge is 0.481 e. The Balaban J connectivity index is 1.51. The number of ether oxygens (including phenoxy) is 2. The Labute approximate surface area is 241 Å². The second-order valence-corrected chi connectivity index (χ2v) is 11.3. The van der Waals surface area contributed by atoms with Crippen molar-refractivity contribution in [2.45, 2.75) is 64.3 Å². The van der Waals surface area contributed by atoms with Gasteiger partial charge in [0.15, 0.2) is 0 Å². The minimum absolute atomic E-state index is 0.00799. The first-order chi connectivity index (χ1) is 19.6. The molecule has 0 radical (unpaired) electrons. The third kappa shape index (κ3) is 7.32. The zero-order chi connectivity index (χ0) is 29.6. The van der Waals surface area contributed by atoms with E-state index in [2.05, 4.69) is 17.4 Å². The van der Waals surface area contributed by atoms with Crippen molar-refractivity contribution in [2.24, 2.45) is 0 Å². The van der Waals surface area contributed by atoms with Crippen molar-refractivity contribution >= 4 is 18.0 Å². The van der Waals surface area contributed by atoms with Crippen LogP contribution in [0.15, 0.2) is 78.9 Å². The van der Waals surface area contributed by atoms with Gasteiger partial charge < -0.3 is 24.8 Å². The van der Waals surface area contributed by atoms with Gasteiger partial charge in [0, 0.05) is 18.0 Å². The monoisotopic (exact) mass is 558 g/mol. The lowest BCUT2D eigenvalue weighted by atomic mass is 9.98. The molecule has 1 aliphatic rings. The van der Waals surface area contributed by atoms with Crippen molar-refractivity contribution in [3.63, 3.8) is 0 Å². The maximum atomic E-state index is 13.9. The summed E-state index contributed by atoms with van der Waals surface area (Å²) in [6, 6.07) is 24.5. The minimum atomic E-state index is -1.10. The Morgan fingerprint density at radius 3 is 2.02 bits per heavy atom. The van der Waals surface area contributed by atoms with Crippen molar-refractivity contribution in [3.05, 3.63) is 95.6 Å². The van der Waals surface area contributed by atoms with E-state index in [0.29, 0.717) is 0 Å². The number of carboxylic acids is 1. The van der Waals surface area contributed by atoms with Crippen molar-refractivity contribution in [1.82, 2.24) is 10.2 Å². The summed E-state index contributed by atoms with van der Waals surface area (Å²) in [5, 5.41) is 12.0. The fraction of sp³-hybridized carbons (Fsp3) is 0.364. The number of nitrogens with one attached hydrogen (secondary N) is 1. The number of alkyl carbamates (subject to hydrolysis) is 1. The smallest absolute Gasteiger partial charge is 0.407 e. The second kappa shape index (κ2) is 13.0. The SMILES string of the molecule is CC(OCc1ccccc1)C(NC(=O)OCC1c2ccccc2-c2ccccc21)C(=O)N(CCC(=O)O)C(C)(C)C. The lowest BCUT2D eigenvalue weighted by molar-refractivity contribution is -0.144. The van der Waals surface area contributed by atoms with Crippen molar-refractivity contribution in [2.75, 3.05) is 13.2 Å². The second-order valence-electron chi connectivity index (χ2n) is 11.3. The standard InChI is InChI=1S/C33H38N2O6/c1-22(40-20-23-12-6-5-7-13-23)30(31(38)35(33(2,3)4)19-18-29(36)37)34-32(39)41-21-28-26-16-10-8-14-24(26)25-15-9-11-17-27(25)28/h5-17,22,28,30H,18-21H2,1-4H3,(H,34,39)(H,36,37). The first-order valence-electron chi connectivity index (χ1n) is 13.9. The number of hydrogen-bond acceptors (Lipinski definition) is 5. The number of carbonyl (C=O) groups excluding carboxylic acids is 2. The summed E-state index contributed by atoms with van der Waals surface area (Å²) in [6.45, 7) is 7.52. The van der Waals surface area contributed by atoms with E-state index in [9.17, 15) is 19.5 Å². The zero-order valence-electron chi connectivity index (χ0n) is 24.0. The quantitative estimate of drug-likeness (QED) is 0.317. The van der Waals surface area contributed by atoms with E-state index in [0.717, 1.165) is 27.8 Å². The molecule has 8 heteroatoms. The maximum absolute atomic E-state index is 13.9. The van der Waals surface area contributed by atoms with Gasteiger partial charge in [-0.1, -0.05) is 78.9 Å². The Bertz CT molecular complexity index is 1320. The number of nitrogens with zero attached hydrogens (tertiary/aromatic N) is 1. The Hall–Kier alpha value is -4.17. The summed E-state index contributed by atoms with van der Waals surface area (Å²) in [4.78, 5) is 39.9. The predicted molar refractivity (Wildman–Crippen MR) is 156 cm³/mol. The van der Waals surface area contributed by atoms with E-state index in [1.165, 1.54) is 4.90 Å². The Morgan fingerprint density at radius 1 is 0.902 bits per heavy atom. The molecule has 0 heterocycles. The van der Waals surface area contributed by atoms with E-state index >= 15 is 0 Å². The number of amides is 2. The molecular formula is C33H38N2O6. The van der Waals surface area contributed by atoms with Crippen LogP contribution in [0.2, 0.25) is 0 Å². The summed E-state index contributed by atoms with van der Waals surface area (Å²) in [7, 11) is 0. The topological polar surface area (TPSA) is 105 Å². The summed E-state index contributed by atoms with van der Waals surface area (Å²) in [5.41, 5.74) is 4.64. The number of fused-ring (bicyclic) bond motifs is 3. The van der Waals surface area contributed by atoms with Crippen LogP contribution in [0.1, 0.15) is 56.7 Å². The first-order valence-corrected chi connectivity index (χ1v) is 13.9. The van der Waals surface area contributed by atoms with Crippen molar-refractivity contribution < 1.29 is 29.0 Å². The molecule has 0 saturated carbocycles. The predicted octanol–water partition coefficient (Wildman–Crippen LogP) is 5.60. The lowest BCUT2D eigenvalue weighted by Crippen LogP contribution is -2.59. The van der Waals surface area contributed by atoms with Gasteiger partial charge in [0.05, 0.1) is 19.1 Å². The van der Waals surface area contributed by atoms with Gasteiger partial charge in [0.25, 0.3) is 0 Å². The molecule has 1 aliphatic carbocycles. The van der Waals surface area contributed by atoms with Crippen LogP contribution in [-0.2, 0) is 25.7 Å². The molecular weight excluding hydrogens is 520 g/mol. The molecule has 2 unspecified atom stereocenters. The molecule has 2 N–H and O–H groups in total. The molecule has 8 nitrogen and oxygen atoms in total. The number of hydrogen-bond donors (Lipinski definition) is 2. The zero-order valence-corrected chi connectivity index (χ0v) is 24.0. The molecule has 0 aliphatic heterocycles. The van der Waals surface area contributed by atoms with Gasteiger partial charge in [-0.15, -0.1) is 0 Å². The normalized spacial score (nSPS) is 14.0. The van der Waals surface area contributed by atoms with Crippen LogP contribution in [-0.4, -0.2) is 58.8 Å². The lowest BCUT2D eigenvalue weighted by Gasteiger charge is -2.39. The molecule has 216 valence electrons. The molecule has 3 aromatic carbocycles. The van der Waals surface area contributed by atoms with Gasteiger partial charge in [-0.05, 0) is 55.5 Å². The number of benzene rings is 3. The molecule has 2 atom stereocenters. The van der Waals surface area contributed by atoms with Gasteiger partial charge in [-0.25, -0.2) is 4.79 Å². The average molecular weight is 559 g/mol. The minimum Gasteiger partial charge on any atom is -0.481 e. The number of rotatable bonds is 11. The molecule has 2 amide bonds. The van der Waals surface area contributed by atoms with Gasteiger partial charge in [-0.2, -0.15) is 0 Å². The summed E-state index contributed by atoms with van der Waals surface area (Å²) < 4.78 is 11.8.